The molecule has 0 atom stereocenters. The number of aliphatic hydroxyl groups is 1. The Kier molecular flexibility index (Phi) is 11.9. The van der Waals surface area contributed by atoms with Crippen LogP contribution in [-0.4, -0.2) is 50.3 Å². The normalized spacial score (nSPS) is 11.2. The molecule has 0 heterocycles. The van der Waals surface area contributed by atoms with Gasteiger partial charge < -0.3 is 15.3 Å². The third-order valence-corrected chi connectivity index (χ3v) is 2.47. The van der Waals surface area contributed by atoms with Crippen molar-refractivity contribution in [3.05, 3.63) is 0 Å². The van der Waals surface area contributed by atoms with Gasteiger partial charge in [0.25, 0.3) is 0 Å². The molecule has 92 valence electrons. The zero-order chi connectivity index (χ0) is 11.4. The lowest BCUT2D eigenvalue weighted by molar-refractivity contribution is 0.282. The standard InChI is InChI=1S/C12H28N2O/c1-14(2)11-7-6-10-13-9-5-3-4-8-12-15/h13,15H,3-12H2,1-2H3. The smallest absolute Gasteiger partial charge is 0.0431 e. The first-order valence-corrected chi connectivity index (χ1v) is 6.23. The van der Waals surface area contributed by atoms with E-state index < -0.39 is 0 Å². The molecule has 0 spiro atoms. The van der Waals surface area contributed by atoms with E-state index in [0.29, 0.717) is 6.61 Å². The van der Waals surface area contributed by atoms with Gasteiger partial charge in [0.2, 0.25) is 0 Å². The fourth-order valence-electron chi connectivity index (χ4n) is 1.52. The molecule has 0 saturated carbocycles. The van der Waals surface area contributed by atoms with Crippen LogP contribution in [0.2, 0.25) is 0 Å². The quantitative estimate of drug-likeness (QED) is 0.513. The molecule has 0 aromatic rings. The van der Waals surface area contributed by atoms with Crippen LogP contribution in [-0.2, 0) is 0 Å². The average Bonchev–Trinajstić information content (AvgIpc) is 2.20. The summed E-state index contributed by atoms with van der Waals surface area (Å²) in [7, 11) is 4.24. The predicted octanol–water partition coefficient (Wildman–Crippen LogP) is 1.47. The maximum Gasteiger partial charge on any atom is 0.0431 e. The van der Waals surface area contributed by atoms with Gasteiger partial charge in [-0.15, -0.1) is 0 Å². The topological polar surface area (TPSA) is 35.5 Å². The highest BCUT2D eigenvalue weighted by Gasteiger charge is 1.92. The van der Waals surface area contributed by atoms with Crippen molar-refractivity contribution in [3.63, 3.8) is 0 Å². The highest BCUT2D eigenvalue weighted by Crippen LogP contribution is 1.97. The molecule has 0 aliphatic carbocycles. The third kappa shape index (κ3) is 13.9. The Morgan fingerprint density at radius 3 is 2.07 bits per heavy atom. The SMILES string of the molecule is CN(C)CCCCNCCCCCCO. The minimum Gasteiger partial charge on any atom is -0.396 e. The van der Waals surface area contributed by atoms with Crippen LogP contribution in [0.1, 0.15) is 38.5 Å². The molecule has 0 amide bonds. The van der Waals surface area contributed by atoms with Gasteiger partial charge in [0.1, 0.15) is 0 Å². The van der Waals surface area contributed by atoms with Gasteiger partial charge in [-0.2, -0.15) is 0 Å². The fraction of sp³-hybridized carbons (Fsp3) is 1.00. The second kappa shape index (κ2) is 12.0. The molecule has 0 aromatic carbocycles. The Morgan fingerprint density at radius 2 is 1.47 bits per heavy atom. The van der Waals surface area contributed by atoms with E-state index in [2.05, 4.69) is 24.3 Å². The van der Waals surface area contributed by atoms with Gasteiger partial charge in [-0.05, 0) is 59.4 Å². The zero-order valence-electron chi connectivity index (χ0n) is 10.5. The van der Waals surface area contributed by atoms with Crippen LogP contribution in [0.5, 0.6) is 0 Å². The fourth-order valence-corrected chi connectivity index (χ4v) is 1.52. The van der Waals surface area contributed by atoms with Crippen molar-refractivity contribution in [2.24, 2.45) is 0 Å². The first-order chi connectivity index (χ1) is 7.27. The lowest BCUT2D eigenvalue weighted by Gasteiger charge is -2.09. The molecule has 0 fully saturated rings. The molecular weight excluding hydrogens is 188 g/mol. The Balaban J connectivity index is 2.87. The highest BCUT2D eigenvalue weighted by molar-refractivity contribution is 4.51. The molecule has 0 saturated heterocycles. The number of unbranched alkanes of at least 4 members (excludes halogenated alkanes) is 4. The maximum atomic E-state index is 8.59. The zero-order valence-corrected chi connectivity index (χ0v) is 10.5. The van der Waals surface area contributed by atoms with Crippen LogP contribution >= 0.6 is 0 Å². The van der Waals surface area contributed by atoms with Crippen molar-refractivity contribution in [1.29, 1.82) is 0 Å². The van der Waals surface area contributed by atoms with Crippen LogP contribution in [0.3, 0.4) is 0 Å². The summed E-state index contributed by atoms with van der Waals surface area (Å²) in [5.41, 5.74) is 0. The highest BCUT2D eigenvalue weighted by atomic mass is 16.2. The van der Waals surface area contributed by atoms with E-state index in [1.165, 1.54) is 38.6 Å². The molecule has 0 aliphatic heterocycles. The monoisotopic (exact) mass is 216 g/mol. The van der Waals surface area contributed by atoms with E-state index in [0.717, 1.165) is 19.5 Å². The largest absolute Gasteiger partial charge is 0.396 e. The van der Waals surface area contributed by atoms with Crippen LogP contribution < -0.4 is 5.32 Å². The van der Waals surface area contributed by atoms with E-state index in [9.17, 15) is 0 Å². The summed E-state index contributed by atoms with van der Waals surface area (Å²) < 4.78 is 0. The number of rotatable bonds is 11. The lowest BCUT2D eigenvalue weighted by Crippen LogP contribution is -2.19. The summed E-state index contributed by atoms with van der Waals surface area (Å²) in [5, 5.41) is 12.0. The molecule has 0 aliphatic rings. The van der Waals surface area contributed by atoms with Gasteiger partial charge in [-0.25, -0.2) is 0 Å². The van der Waals surface area contributed by atoms with Gasteiger partial charge >= 0.3 is 0 Å². The predicted molar refractivity (Wildman–Crippen MR) is 66.2 cm³/mol. The molecule has 3 heteroatoms. The summed E-state index contributed by atoms with van der Waals surface area (Å²) >= 11 is 0. The molecule has 15 heavy (non-hydrogen) atoms. The molecule has 2 N–H and O–H groups in total. The first-order valence-electron chi connectivity index (χ1n) is 6.23. The number of hydrogen-bond acceptors (Lipinski definition) is 3. The Labute approximate surface area is 94.9 Å². The molecular formula is C12H28N2O. The summed E-state index contributed by atoms with van der Waals surface area (Å²) in [6.45, 7) is 3.82. The van der Waals surface area contributed by atoms with Crippen molar-refractivity contribution in [2.45, 2.75) is 38.5 Å². The molecule has 0 unspecified atom stereocenters. The van der Waals surface area contributed by atoms with Crippen molar-refractivity contribution < 1.29 is 5.11 Å². The van der Waals surface area contributed by atoms with E-state index >= 15 is 0 Å². The van der Waals surface area contributed by atoms with Crippen LogP contribution in [0.15, 0.2) is 0 Å². The summed E-state index contributed by atoms with van der Waals surface area (Å²) in [4.78, 5) is 2.23. The lowest BCUT2D eigenvalue weighted by atomic mass is 10.2. The molecule has 0 rings (SSSR count). The van der Waals surface area contributed by atoms with Gasteiger partial charge in [-0.1, -0.05) is 12.8 Å². The Hall–Kier alpha value is -0.120. The second-order valence-corrected chi connectivity index (χ2v) is 4.40. The van der Waals surface area contributed by atoms with Crippen LogP contribution in [0.4, 0.5) is 0 Å². The number of hydrogen-bond donors (Lipinski definition) is 2. The maximum absolute atomic E-state index is 8.59. The number of nitrogens with one attached hydrogen (secondary N) is 1. The van der Waals surface area contributed by atoms with E-state index in [4.69, 9.17) is 5.11 Å². The van der Waals surface area contributed by atoms with E-state index in [1.54, 1.807) is 0 Å². The van der Waals surface area contributed by atoms with Gasteiger partial charge in [0.15, 0.2) is 0 Å². The van der Waals surface area contributed by atoms with E-state index in [1.807, 2.05) is 0 Å². The molecule has 0 aromatic heterocycles. The first kappa shape index (κ1) is 14.9. The molecule has 0 bridgehead atoms. The summed E-state index contributed by atoms with van der Waals surface area (Å²) in [6, 6.07) is 0. The van der Waals surface area contributed by atoms with Gasteiger partial charge in [0, 0.05) is 6.61 Å². The van der Waals surface area contributed by atoms with Crippen molar-refractivity contribution >= 4 is 0 Å². The Morgan fingerprint density at radius 1 is 0.867 bits per heavy atom. The summed E-state index contributed by atoms with van der Waals surface area (Å²) in [5.74, 6) is 0. The van der Waals surface area contributed by atoms with Crippen LogP contribution in [0.25, 0.3) is 0 Å². The Bertz CT molecular complexity index is 118. The minimum atomic E-state index is 0.345. The number of aliphatic hydroxyl groups excluding tert-OH is 1. The van der Waals surface area contributed by atoms with Crippen molar-refractivity contribution in [3.8, 4) is 0 Å². The second-order valence-electron chi connectivity index (χ2n) is 4.40. The average molecular weight is 216 g/mol. The van der Waals surface area contributed by atoms with Gasteiger partial charge in [0.05, 0.1) is 0 Å². The number of nitrogens with zero attached hydrogens (tertiary/aromatic N) is 1. The van der Waals surface area contributed by atoms with Crippen LogP contribution in [0, 0.1) is 0 Å². The van der Waals surface area contributed by atoms with Gasteiger partial charge in [-0.3, -0.25) is 0 Å². The van der Waals surface area contributed by atoms with Crippen molar-refractivity contribution in [1.82, 2.24) is 10.2 Å². The minimum absolute atomic E-state index is 0.345. The molecule has 0 radical (unpaired) electrons. The summed E-state index contributed by atoms with van der Waals surface area (Å²) in [6.07, 6.45) is 7.17. The molecule has 3 nitrogen and oxygen atoms in total. The van der Waals surface area contributed by atoms with E-state index in [-0.39, 0.29) is 0 Å². The van der Waals surface area contributed by atoms with Crippen molar-refractivity contribution in [2.75, 3.05) is 40.3 Å². The third-order valence-electron chi connectivity index (χ3n) is 2.47.